The Morgan fingerprint density at radius 3 is 2.92 bits per heavy atom. The van der Waals surface area contributed by atoms with Crippen LogP contribution in [0.25, 0.3) is 10.8 Å². The van der Waals surface area contributed by atoms with Gasteiger partial charge in [-0.05, 0) is 30.3 Å². The standard InChI is InChI=1S/C10H8N2/c1-11-10-3-2-8-4-5-12-7-9(8)6-10/h2-7H,1H2. The molecule has 0 atom stereocenters. The number of hydrogen-bond donors (Lipinski definition) is 0. The summed E-state index contributed by atoms with van der Waals surface area (Å²) in [5.41, 5.74) is 0.885. The second kappa shape index (κ2) is 2.74. The molecule has 0 N–H and O–H groups in total. The SMILES string of the molecule is C=Nc1ccc2ccncc2c1. The maximum absolute atomic E-state index is 4.03. The van der Waals surface area contributed by atoms with E-state index in [9.17, 15) is 0 Å². The maximum atomic E-state index is 4.03. The van der Waals surface area contributed by atoms with Crippen LogP contribution in [0, 0.1) is 0 Å². The van der Waals surface area contributed by atoms with Gasteiger partial charge in [-0.25, -0.2) is 0 Å². The number of fused-ring (bicyclic) bond motifs is 1. The first kappa shape index (κ1) is 6.98. The van der Waals surface area contributed by atoms with E-state index in [4.69, 9.17) is 0 Å². The third-order valence-corrected chi connectivity index (χ3v) is 1.81. The first-order chi connectivity index (χ1) is 5.90. The Balaban J connectivity index is 2.75. The molecule has 1 aromatic heterocycles. The molecule has 2 aromatic rings. The Morgan fingerprint density at radius 1 is 1.17 bits per heavy atom. The lowest BCUT2D eigenvalue weighted by Gasteiger charge is -1.96. The van der Waals surface area contributed by atoms with Crippen LogP contribution in [-0.4, -0.2) is 11.7 Å². The molecule has 0 unspecified atom stereocenters. The minimum absolute atomic E-state index is 0.885. The highest BCUT2D eigenvalue weighted by Crippen LogP contribution is 2.19. The predicted molar refractivity (Wildman–Crippen MR) is 51.0 cm³/mol. The lowest BCUT2D eigenvalue weighted by atomic mass is 10.1. The van der Waals surface area contributed by atoms with Gasteiger partial charge in [-0.3, -0.25) is 9.98 Å². The van der Waals surface area contributed by atoms with Crippen molar-refractivity contribution in [2.45, 2.75) is 0 Å². The molecule has 0 radical (unpaired) electrons. The van der Waals surface area contributed by atoms with Crippen molar-refractivity contribution in [1.29, 1.82) is 0 Å². The first-order valence-corrected chi connectivity index (χ1v) is 3.70. The third kappa shape index (κ3) is 1.07. The quantitative estimate of drug-likeness (QED) is 0.582. The molecule has 2 heteroatoms. The number of aromatic nitrogens is 1. The van der Waals surface area contributed by atoms with Crippen LogP contribution in [0.3, 0.4) is 0 Å². The average molecular weight is 156 g/mol. The Kier molecular flexibility index (Phi) is 1.59. The normalized spacial score (nSPS) is 10.0. The zero-order valence-corrected chi connectivity index (χ0v) is 6.57. The molecular weight excluding hydrogens is 148 g/mol. The Labute approximate surface area is 70.6 Å². The average Bonchev–Trinajstić information content (AvgIpc) is 2.17. The zero-order valence-electron chi connectivity index (χ0n) is 6.57. The van der Waals surface area contributed by atoms with Crippen molar-refractivity contribution in [2.24, 2.45) is 4.99 Å². The third-order valence-electron chi connectivity index (χ3n) is 1.81. The Hall–Kier alpha value is -1.70. The summed E-state index contributed by atoms with van der Waals surface area (Å²) in [5, 5.41) is 2.28. The number of rotatable bonds is 1. The molecule has 2 rings (SSSR count). The molecule has 0 saturated heterocycles. The number of hydrogen-bond acceptors (Lipinski definition) is 2. The molecule has 2 nitrogen and oxygen atoms in total. The van der Waals surface area contributed by atoms with Gasteiger partial charge in [0.1, 0.15) is 0 Å². The van der Waals surface area contributed by atoms with Crippen LogP contribution in [0.2, 0.25) is 0 Å². The van der Waals surface area contributed by atoms with E-state index in [1.165, 1.54) is 5.39 Å². The van der Waals surface area contributed by atoms with Gasteiger partial charge in [0, 0.05) is 17.8 Å². The van der Waals surface area contributed by atoms with Crippen molar-refractivity contribution in [3.05, 3.63) is 36.7 Å². The largest absolute Gasteiger partial charge is 0.265 e. The van der Waals surface area contributed by atoms with Gasteiger partial charge in [-0.1, -0.05) is 6.07 Å². The van der Waals surface area contributed by atoms with Crippen LogP contribution in [0.15, 0.2) is 41.7 Å². The van der Waals surface area contributed by atoms with Gasteiger partial charge >= 0.3 is 0 Å². The smallest absolute Gasteiger partial charge is 0.0629 e. The minimum atomic E-state index is 0.885. The van der Waals surface area contributed by atoms with Crippen molar-refractivity contribution >= 4 is 23.2 Å². The van der Waals surface area contributed by atoms with Gasteiger partial charge in [0.25, 0.3) is 0 Å². The summed E-state index contributed by atoms with van der Waals surface area (Å²) in [4.78, 5) is 7.87. The molecule has 0 amide bonds. The summed E-state index contributed by atoms with van der Waals surface area (Å²) in [6.45, 7) is 3.47. The summed E-state index contributed by atoms with van der Waals surface area (Å²) >= 11 is 0. The van der Waals surface area contributed by atoms with Crippen LogP contribution in [0.1, 0.15) is 0 Å². The summed E-state index contributed by atoms with van der Waals surface area (Å²) in [6, 6.07) is 7.90. The lowest BCUT2D eigenvalue weighted by Crippen LogP contribution is -1.73. The topological polar surface area (TPSA) is 25.2 Å². The van der Waals surface area contributed by atoms with E-state index in [0.717, 1.165) is 11.1 Å². The molecule has 12 heavy (non-hydrogen) atoms. The molecular formula is C10H8N2. The van der Waals surface area contributed by atoms with Crippen molar-refractivity contribution in [1.82, 2.24) is 4.98 Å². The van der Waals surface area contributed by atoms with Gasteiger partial charge in [-0.15, -0.1) is 0 Å². The maximum Gasteiger partial charge on any atom is 0.0629 e. The fourth-order valence-electron chi connectivity index (χ4n) is 1.17. The lowest BCUT2D eigenvalue weighted by molar-refractivity contribution is 1.36. The highest BCUT2D eigenvalue weighted by molar-refractivity contribution is 5.84. The molecule has 0 bridgehead atoms. The fourth-order valence-corrected chi connectivity index (χ4v) is 1.17. The van der Waals surface area contributed by atoms with E-state index < -0.39 is 0 Å². The van der Waals surface area contributed by atoms with Crippen LogP contribution in [0.5, 0.6) is 0 Å². The van der Waals surface area contributed by atoms with E-state index >= 15 is 0 Å². The zero-order chi connectivity index (χ0) is 8.39. The van der Waals surface area contributed by atoms with E-state index in [2.05, 4.69) is 16.7 Å². The molecule has 0 aliphatic rings. The molecule has 0 spiro atoms. The van der Waals surface area contributed by atoms with Crippen LogP contribution >= 0.6 is 0 Å². The minimum Gasteiger partial charge on any atom is -0.265 e. The number of nitrogens with zero attached hydrogens (tertiary/aromatic N) is 2. The summed E-state index contributed by atoms with van der Waals surface area (Å²) in [7, 11) is 0. The predicted octanol–water partition coefficient (Wildman–Crippen LogP) is 2.57. The molecule has 0 fully saturated rings. The summed E-state index contributed by atoms with van der Waals surface area (Å²) in [5.74, 6) is 0. The number of benzene rings is 1. The molecule has 0 saturated carbocycles. The van der Waals surface area contributed by atoms with Crippen molar-refractivity contribution in [3.63, 3.8) is 0 Å². The Bertz CT molecular complexity index is 421. The van der Waals surface area contributed by atoms with Crippen molar-refractivity contribution in [2.75, 3.05) is 0 Å². The molecule has 1 aromatic carbocycles. The van der Waals surface area contributed by atoms with Crippen LogP contribution in [-0.2, 0) is 0 Å². The van der Waals surface area contributed by atoms with Gasteiger partial charge in [0.05, 0.1) is 5.69 Å². The van der Waals surface area contributed by atoms with Gasteiger partial charge in [0.15, 0.2) is 0 Å². The fraction of sp³-hybridized carbons (Fsp3) is 0. The summed E-state index contributed by atoms with van der Waals surface area (Å²) in [6.07, 6.45) is 3.60. The van der Waals surface area contributed by atoms with E-state index in [1.54, 1.807) is 6.20 Å². The van der Waals surface area contributed by atoms with Crippen LogP contribution < -0.4 is 0 Å². The van der Waals surface area contributed by atoms with E-state index in [-0.39, 0.29) is 0 Å². The molecule has 58 valence electrons. The highest BCUT2D eigenvalue weighted by atomic mass is 14.7. The Morgan fingerprint density at radius 2 is 2.08 bits per heavy atom. The second-order valence-corrected chi connectivity index (χ2v) is 2.57. The van der Waals surface area contributed by atoms with Gasteiger partial charge in [0.2, 0.25) is 0 Å². The molecule has 0 aliphatic heterocycles. The first-order valence-electron chi connectivity index (χ1n) is 3.70. The molecule has 1 heterocycles. The van der Waals surface area contributed by atoms with E-state index in [0.29, 0.717) is 0 Å². The monoisotopic (exact) mass is 156 g/mol. The molecule has 0 aliphatic carbocycles. The van der Waals surface area contributed by atoms with Crippen molar-refractivity contribution < 1.29 is 0 Å². The second-order valence-electron chi connectivity index (χ2n) is 2.57. The highest BCUT2D eigenvalue weighted by Gasteiger charge is 1.92. The number of aliphatic imine (C=N–C) groups is 1. The van der Waals surface area contributed by atoms with Crippen molar-refractivity contribution in [3.8, 4) is 0 Å². The van der Waals surface area contributed by atoms with Gasteiger partial charge < -0.3 is 0 Å². The number of pyridine rings is 1. The summed E-state index contributed by atoms with van der Waals surface area (Å²) < 4.78 is 0. The van der Waals surface area contributed by atoms with Crippen LogP contribution in [0.4, 0.5) is 5.69 Å². The van der Waals surface area contributed by atoms with E-state index in [1.807, 2.05) is 30.5 Å². The van der Waals surface area contributed by atoms with Gasteiger partial charge in [-0.2, -0.15) is 0 Å².